The standard InChI is InChI=1S/C34H43N5O9S/c1-33(2,3)48-32(44)36-26-10-8-6-4-5-7-9-23-18-34(23,31(43)38-49(45,46)25-15-16-25)37-28(40)27-17-24(20-39(27)29(26)41)47-30(42)22-13-11-21(19-35)12-14-22/h7,9,11-14,23-27H,4-6,8,10,15-18,20H2,1-3H3,(H,36,44)(H,37,40)(H,38,43)/t23-,24-,26+,27+,34-/m1/s1. The molecule has 15 heteroatoms. The number of ether oxygens (including phenoxy) is 2. The summed E-state index contributed by atoms with van der Waals surface area (Å²) in [5, 5.41) is 13.9. The van der Waals surface area contributed by atoms with Crippen LogP contribution < -0.4 is 15.4 Å². The summed E-state index contributed by atoms with van der Waals surface area (Å²) in [6.45, 7) is 4.90. The number of sulfonamides is 1. The van der Waals surface area contributed by atoms with Crippen molar-refractivity contribution >= 4 is 39.8 Å². The summed E-state index contributed by atoms with van der Waals surface area (Å²) in [4.78, 5) is 68.9. The first-order valence-electron chi connectivity index (χ1n) is 16.7. The van der Waals surface area contributed by atoms with Crippen molar-refractivity contribution < 1.29 is 41.9 Å². The number of nitrogens with one attached hydrogen (secondary N) is 3. The maximum atomic E-state index is 14.2. The summed E-state index contributed by atoms with van der Waals surface area (Å²) in [5.41, 5.74) is -1.85. The molecule has 2 aliphatic heterocycles. The van der Waals surface area contributed by atoms with Gasteiger partial charge in [-0.25, -0.2) is 18.0 Å². The molecule has 4 aliphatic rings. The Hall–Kier alpha value is -4.45. The summed E-state index contributed by atoms with van der Waals surface area (Å²) < 4.78 is 38.7. The fourth-order valence-electron chi connectivity index (χ4n) is 6.20. The second kappa shape index (κ2) is 14.2. The van der Waals surface area contributed by atoms with Gasteiger partial charge in [-0.2, -0.15) is 5.26 Å². The van der Waals surface area contributed by atoms with Crippen LogP contribution in [0.25, 0.3) is 0 Å². The minimum atomic E-state index is -3.91. The number of amides is 4. The number of nitrogens with zero attached hydrogens (tertiary/aromatic N) is 2. The zero-order chi connectivity index (χ0) is 35.6. The molecule has 5 rings (SSSR count). The van der Waals surface area contributed by atoms with Gasteiger partial charge >= 0.3 is 12.1 Å². The third kappa shape index (κ3) is 8.78. The number of rotatable bonds is 6. The molecular weight excluding hydrogens is 654 g/mol. The average Bonchev–Trinajstić information content (AvgIpc) is 3.95. The van der Waals surface area contributed by atoms with Crippen molar-refractivity contribution in [1.82, 2.24) is 20.3 Å². The minimum Gasteiger partial charge on any atom is -0.457 e. The molecule has 2 heterocycles. The Labute approximate surface area is 286 Å². The highest BCUT2D eigenvalue weighted by molar-refractivity contribution is 7.91. The summed E-state index contributed by atoms with van der Waals surface area (Å²) in [6.07, 6.45) is 5.94. The Balaban J connectivity index is 1.42. The van der Waals surface area contributed by atoms with E-state index in [1.165, 1.54) is 29.2 Å². The number of benzene rings is 1. The average molecular weight is 698 g/mol. The molecule has 0 aromatic heterocycles. The van der Waals surface area contributed by atoms with Gasteiger partial charge < -0.3 is 25.0 Å². The Kier molecular flexibility index (Phi) is 10.4. The van der Waals surface area contributed by atoms with Crippen LogP contribution >= 0.6 is 0 Å². The molecule has 3 N–H and O–H groups in total. The van der Waals surface area contributed by atoms with Crippen molar-refractivity contribution in [3.63, 3.8) is 0 Å². The quantitative estimate of drug-likeness (QED) is 0.293. The van der Waals surface area contributed by atoms with E-state index in [1.54, 1.807) is 20.8 Å². The van der Waals surface area contributed by atoms with E-state index in [1.807, 2.05) is 18.2 Å². The molecule has 1 saturated heterocycles. The van der Waals surface area contributed by atoms with Crippen molar-refractivity contribution in [2.75, 3.05) is 6.54 Å². The van der Waals surface area contributed by atoms with E-state index < -0.39 is 80.3 Å². The molecule has 0 bridgehead atoms. The van der Waals surface area contributed by atoms with E-state index >= 15 is 0 Å². The van der Waals surface area contributed by atoms with Crippen molar-refractivity contribution in [3.8, 4) is 6.07 Å². The molecule has 0 radical (unpaired) electrons. The zero-order valence-corrected chi connectivity index (χ0v) is 28.7. The fourth-order valence-corrected chi connectivity index (χ4v) is 7.56. The third-order valence-electron chi connectivity index (χ3n) is 9.06. The number of hydrogen-bond acceptors (Lipinski definition) is 10. The van der Waals surface area contributed by atoms with Gasteiger partial charge in [0.1, 0.15) is 29.3 Å². The first-order chi connectivity index (χ1) is 23.1. The van der Waals surface area contributed by atoms with Crippen LogP contribution in [0.1, 0.15) is 94.5 Å². The van der Waals surface area contributed by atoms with Crippen LogP contribution in [0.15, 0.2) is 36.4 Å². The molecule has 5 atom stereocenters. The maximum absolute atomic E-state index is 14.2. The van der Waals surface area contributed by atoms with Crippen molar-refractivity contribution in [1.29, 1.82) is 5.26 Å². The number of carbonyl (C=O) groups is 5. The maximum Gasteiger partial charge on any atom is 0.408 e. The summed E-state index contributed by atoms with van der Waals surface area (Å²) >= 11 is 0. The molecule has 4 amide bonds. The molecule has 14 nitrogen and oxygen atoms in total. The van der Waals surface area contributed by atoms with Crippen LogP contribution in [0, 0.1) is 17.2 Å². The summed E-state index contributed by atoms with van der Waals surface area (Å²) in [6, 6.07) is 5.51. The predicted octanol–water partition coefficient (Wildman–Crippen LogP) is 2.58. The molecule has 49 heavy (non-hydrogen) atoms. The topological polar surface area (TPSA) is 201 Å². The van der Waals surface area contributed by atoms with Gasteiger partial charge in [0.2, 0.25) is 21.8 Å². The third-order valence-corrected chi connectivity index (χ3v) is 10.9. The Morgan fingerprint density at radius 3 is 2.43 bits per heavy atom. The number of hydrogen-bond donors (Lipinski definition) is 3. The number of allylic oxidation sites excluding steroid dienone is 1. The highest BCUT2D eigenvalue weighted by Crippen LogP contribution is 2.46. The van der Waals surface area contributed by atoms with Gasteiger partial charge in [0.25, 0.3) is 5.91 Å². The van der Waals surface area contributed by atoms with E-state index in [-0.39, 0.29) is 31.4 Å². The molecule has 264 valence electrons. The molecule has 0 spiro atoms. The van der Waals surface area contributed by atoms with Gasteiger partial charge in [-0.3, -0.25) is 19.1 Å². The van der Waals surface area contributed by atoms with E-state index in [0.717, 1.165) is 12.8 Å². The highest BCUT2D eigenvalue weighted by Gasteiger charge is 2.62. The molecule has 2 saturated carbocycles. The Bertz CT molecular complexity index is 1660. The summed E-state index contributed by atoms with van der Waals surface area (Å²) in [5.74, 6) is -3.32. The number of fused-ring (bicyclic) bond motifs is 2. The number of alkyl carbamates (subject to hydrolysis) is 1. The van der Waals surface area contributed by atoms with Crippen LogP contribution in [-0.2, 0) is 33.9 Å². The monoisotopic (exact) mass is 697 g/mol. The largest absolute Gasteiger partial charge is 0.457 e. The van der Waals surface area contributed by atoms with Gasteiger partial charge in [0.05, 0.1) is 29.0 Å². The first kappa shape index (κ1) is 35.8. The normalized spacial score (nSPS) is 27.6. The second-order valence-corrected chi connectivity index (χ2v) is 16.1. The number of esters is 1. The van der Waals surface area contributed by atoms with Gasteiger partial charge in [0.15, 0.2) is 0 Å². The predicted molar refractivity (Wildman–Crippen MR) is 175 cm³/mol. The molecule has 3 fully saturated rings. The van der Waals surface area contributed by atoms with Crippen molar-refractivity contribution in [2.24, 2.45) is 5.92 Å². The van der Waals surface area contributed by atoms with Crippen molar-refractivity contribution in [3.05, 3.63) is 47.5 Å². The van der Waals surface area contributed by atoms with Crippen LogP contribution in [0.3, 0.4) is 0 Å². The lowest BCUT2D eigenvalue weighted by atomic mass is 10.0. The van der Waals surface area contributed by atoms with E-state index in [2.05, 4.69) is 15.4 Å². The Morgan fingerprint density at radius 2 is 1.78 bits per heavy atom. The fraction of sp³-hybridized carbons (Fsp3) is 0.588. The number of nitriles is 1. The van der Waals surface area contributed by atoms with Crippen LogP contribution in [0.4, 0.5) is 4.79 Å². The van der Waals surface area contributed by atoms with Crippen LogP contribution in [0.2, 0.25) is 0 Å². The first-order valence-corrected chi connectivity index (χ1v) is 18.2. The molecule has 1 aromatic carbocycles. The van der Waals surface area contributed by atoms with E-state index in [0.29, 0.717) is 31.2 Å². The molecule has 0 unspecified atom stereocenters. The van der Waals surface area contributed by atoms with Gasteiger partial charge in [0, 0.05) is 12.3 Å². The summed E-state index contributed by atoms with van der Waals surface area (Å²) in [7, 11) is -3.91. The van der Waals surface area contributed by atoms with Gasteiger partial charge in [-0.05, 0) is 83.6 Å². The van der Waals surface area contributed by atoms with E-state index in [4.69, 9.17) is 14.7 Å². The van der Waals surface area contributed by atoms with E-state index in [9.17, 15) is 32.4 Å². The lowest BCUT2D eigenvalue weighted by Gasteiger charge is -2.30. The number of carbonyl (C=O) groups excluding carboxylic acids is 5. The SMILES string of the molecule is CC(C)(C)OC(=O)N[C@H]1CCCCCC=C[C@@H]2C[C@@]2(C(=O)NS(=O)(=O)C2CC2)NC(=O)[C@@H]2C[C@@H](OC(=O)c3ccc(C#N)cc3)CN2C1=O. The lowest BCUT2D eigenvalue weighted by Crippen LogP contribution is -2.58. The molecule has 1 aromatic rings. The van der Waals surface area contributed by atoms with Gasteiger partial charge in [-0.15, -0.1) is 0 Å². The van der Waals surface area contributed by atoms with Crippen LogP contribution in [0.5, 0.6) is 0 Å². The lowest BCUT2D eigenvalue weighted by molar-refractivity contribution is -0.141. The highest BCUT2D eigenvalue weighted by atomic mass is 32.2. The Morgan fingerprint density at radius 1 is 1.06 bits per heavy atom. The molecule has 2 aliphatic carbocycles. The van der Waals surface area contributed by atoms with Crippen LogP contribution in [-0.4, -0.2) is 84.2 Å². The minimum absolute atomic E-state index is 0.114. The second-order valence-electron chi connectivity index (χ2n) is 14.2. The smallest absolute Gasteiger partial charge is 0.408 e. The van der Waals surface area contributed by atoms with Crippen molar-refractivity contribution in [2.45, 2.75) is 113 Å². The van der Waals surface area contributed by atoms with Gasteiger partial charge in [-0.1, -0.05) is 25.0 Å². The zero-order valence-electron chi connectivity index (χ0n) is 27.9. The molecular formula is C34H43N5O9S.